The SMILES string of the molecule is Cc1ccc([N+](=O)[O-])c(NC(=CC(=O)O)C(=O)O)c1. The summed E-state index contributed by atoms with van der Waals surface area (Å²) in [6.07, 6.45) is 0.425. The Balaban J connectivity index is 3.23. The van der Waals surface area contributed by atoms with Crippen LogP contribution in [0.2, 0.25) is 0 Å². The van der Waals surface area contributed by atoms with Gasteiger partial charge in [0.15, 0.2) is 0 Å². The normalized spacial score (nSPS) is 10.9. The van der Waals surface area contributed by atoms with Crippen molar-refractivity contribution in [2.24, 2.45) is 0 Å². The Bertz CT molecular complexity index is 579. The highest BCUT2D eigenvalue weighted by atomic mass is 16.6. The van der Waals surface area contributed by atoms with Gasteiger partial charge in [0.1, 0.15) is 11.4 Å². The van der Waals surface area contributed by atoms with Gasteiger partial charge >= 0.3 is 11.9 Å². The molecule has 0 aromatic heterocycles. The highest BCUT2D eigenvalue weighted by Crippen LogP contribution is 2.26. The fourth-order valence-electron chi connectivity index (χ4n) is 1.33. The number of carboxylic acid groups (broad SMARTS) is 2. The van der Waals surface area contributed by atoms with E-state index in [1.807, 2.05) is 0 Å². The number of aryl methyl sites for hydroxylation is 1. The minimum Gasteiger partial charge on any atom is -0.478 e. The molecule has 0 saturated heterocycles. The van der Waals surface area contributed by atoms with E-state index >= 15 is 0 Å². The van der Waals surface area contributed by atoms with Gasteiger partial charge in [-0.15, -0.1) is 0 Å². The lowest BCUT2D eigenvalue weighted by Gasteiger charge is -2.08. The number of nitro groups is 1. The van der Waals surface area contributed by atoms with Crippen LogP contribution in [0.4, 0.5) is 11.4 Å². The van der Waals surface area contributed by atoms with Gasteiger partial charge in [0.2, 0.25) is 0 Å². The molecule has 0 aliphatic rings. The number of benzene rings is 1. The van der Waals surface area contributed by atoms with Crippen LogP contribution in [0.1, 0.15) is 5.56 Å². The van der Waals surface area contributed by atoms with E-state index in [1.165, 1.54) is 18.2 Å². The van der Waals surface area contributed by atoms with Crippen molar-refractivity contribution in [3.63, 3.8) is 0 Å². The van der Waals surface area contributed by atoms with Crippen molar-refractivity contribution in [3.05, 3.63) is 45.6 Å². The first kappa shape index (κ1) is 14.2. The first-order valence-corrected chi connectivity index (χ1v) is 5.01. The lowest BCUT2D eigenvalue weighted by Crippen LogP contribution is -2.13. The first-order chi connectivity index (χ1) is 8.81. The molecule has 1 rings (SSSR count). The van der Waals surface area contributed by atoms with Crippen molar-refractivity contribution in [1.82, 2.24) is 0 Å². The molecule has 0 aliphatic heterocycles. The van der Waals surface area contributed by atoms with Gasteiger partial charge in [-0.05, 0) is 18.6 Å². The second-order valence-corrected chi connectivity index (χ2v) is 3.60. The van der Waals surface area contributed by atoms with Gasteiger partial charge in [-0.2, -0.15) is 0 Å². The summed E-state index contributed by atoms with van der Waals surface area (Å²) in [5, 5.41) is 30.4. The Morgan fingerprint density at radius 2 is 2.00 bits per heavy atom. The molecule has 0 fully saturated rings. The molecule has 0 atom stereocenters. The summed E-state index contributed by atoms with van der Waals surface area (Å²) in [7, 11) is 0. The van der Waals surface area contributed by atoms with Gasteiger partial charge < -0.3 is 15.5 Å². The molecular formula is C11H10N2O6. The average molecular weight is 266 g/mol. The van der Waals surface area contributed by atoms with E-state index in [0.717, 1.165) is 0 Å². The smallest absolute Gasteiger partial charge is 0.352 e. The van der Waals surface area contributed by atoms with Crippen LogP contribution in [0.3, 0.4) is 0 Å². The quantitative estimate of drug-likeness (QED) is 0.416. The molecule has 0 radical (unpaired) electrons. The first-order valence-electron chi connectivity index (χ1n) is 5.01. The molecular weight excluding hydrogens is 256 g/mol. The van der Waals surface area contributed by atoms with Crippen molar-refractivity contribution in [2.45, 2.75) is 6.92 Å². The Labute approximate surface area is 107 Å². The molecule has 19 heavy (non-hydrogen) atoms. The van der Waals surface area contributed by atoms with Crippen molar-refractivity contribution < 1.29 is 24.7 Å². The van der Waals surface area contributed by atoms with Crippen molar-refractivity contribution in [1.29, 1.82) is 0 Å². The van der Waals surface area contributed by atoms with Crippen LogP contribution in [0.15, 0.2) is 30.0 Å². The monoisotopic (exact) mass is 266 g/mol. The van der Waals surface area contributed by atoms with Gasteiger partial charge in [0.25, 0.3) is 5.69 Å². The largest absolute Gasteiger partial charge is 0.478 e. The van der Waals surface area contributed by atoms with E-state index < -0.39 is 22.6 Å². The Hall–Kier alpha value is -2.90. The van der Waals surface area contributed by atoms with Gasteiger partial charge in [-0.25, -0.2) is 9.59 Å². The van der Waals surface area contributed by atoms with Gasteiger partial charge in [0.05, 0.1) is 11.0 Å². The molecule has 100 valence electrons. The summed E-state index contributed by atoms with van der Waals surface area (Å²) in [5.41, 5.74) is -0.433. The molecule has 0 aliphatic carbocycles. The van der Waals surface area contributed by atoms with Gasteiger partial charge in [0, 0.05) is 6.07 Å². The number of nitrogens with zero attached hydrogens (tertiary/aromatic N) is 1. The number of hydrogen-bond acceptors (Lipinski definition) is 5. The van der Waals surface area contributed by atoms with Crippen molar-refractivity contribution in [3.8, 4) is 0 Å². The third-order valence-electron chi connectivity index (χ3n) is 2.12. The summed E-state index contributed by atoms with van der Waals surface area (Å²) in [6, 6.07) is 4.05. The molecule has 1 aromatic rings. The van der Waals surface area contributed by atoms with Crippen LogP contribution in [0.25, 0.3) is 0 Å². The molecule has 0 bridgehead atoms. The average Bonchev–Trinajstić information content (AvgIpc) is 2.26. The molecule has 3 N–H and O–H groups in total. The Kier molecular flexibility index (Phi) is 4.19. The van der Waals surface area contributed by atoms with Gasteiger partial charge in [-0.3, -0.25) is 10.1 Å². The molecule has 0 spiro atoms. The van der Waals surface area contributed by atoms with E-state index in [1.54, 1.807) is 6.92 Å². The maximum Gasteiger partial charge on any atom is 0.352 e. The number of rotatable bonds is 5. The highest BCUT2D eigenvalue weighted by Gasteiger charge is 2.17. The maximum absolute atomic E-state index is 10.8. The fourth-order valence-corrected chi connectivity index (χ4v) is 1.33. The Morgan fingerprint density at radius 3 is 2.47 bits per heavy atom. The van der Waals surface area contributed by atoms with E-state index in [-0.39, 0.29) is 11.4 Å². The fraction of sp³-hybridized carbons (Fsp3) is 0.0909. The molecule has 8 nitrogen and oxygen atoms in total. The third kappa shape index (κ3) is 3.80. The number of nitrogens with one attached hydrogen (secondary N) is 1. The minimum absolute atomic E-state index is 0.0834. The van der Waals surface area contributed by atoms with Crippen LogP contribution in [0, 0.1) is 17.0 Å². The number of carboxylic acids is 2. The molecule has 0 amide bonds. The highest BCUT2D eigenvalue weighted by molar-refractivity contribution is 5.97. The number of aliphatic carboxylic acids is 2. The van der Waals surface area contributed by atoms with E-state index in [4.69, 9.17) is 10.2 Å². The zero-order valence-corrected chi connectivity index (χ0v) is 9.78. The van der Waals surface area contributed by atoms with Crippen LogP contribution in [-0.2, 0) is 9.59 Å². The topological polar surface area (TPSA) is 130 Å². The predicted molar refractivity (Wildman–Crippen MR) is 64.8 cm³/mol. The molecule has 1 aromatic carbocycles. The van der Waals surface area contributed by atoms with E-state index in [2.05, 4.69) is 5.32 Å². The standard InChI is InChI=1S/C11H10N2O6/c1-6-2-3-9(13(18)19)7(4-6)12-8(11(16)17)5-10(14)15/h2-5,12H,1H3,(H,14,15)(H,16,17). The van der Waals surface area contributed by atoms with Crippen molar-refractivity contribution in [2.75, 3.05) is 5.32 Å². The number of anilines is 1. The summed E-state index contributed by atoms with van der Waals surface area (Å²) in [5.74, 6) is -3.00. The lowest BCUT2D eigenvalue weighted by atomic mass is 10.2. The minimum atomic E-state index is -1.53. The molecule has 0 unspecified atom stereocenters. The predicted octanol–water partition coefficient (Wildman–Crippen LogP) is 1.37. The summed E-state index contributed by atoms with van der Waals surface area (Å²) in [4.78, 5) is 31.4. The number of hydrogen-bond donors (Lipinski definition) is 3. The Morgan fingerprint density at radius 1 is 1.37 bits per heavy atom. The maximum atomic E-state index is 10.8. The van der Waals surface area contributed by atoms with Crippen LogP contribution in [-0.4, -0.2) is 27.1 Å². The lowest BCUT2D eigenvalue weighted by molar-refractivity contribution is -0.383. The zero-order valence-electron chi connectivity index (χ0n) is 9.78. The zero-order chi connectivity index (χ0) is 14.6. The third-order valence-corrected chi connectivity index (χ3v) is 2.12. The van der Waals surface area contributed by atoms with E-state index in [9.17, 15) is 19.7 Å². The van der Waals surface area contributed by atoms with Crippen LogP contribution < -0.4 is 5.32 Å². The summed E-state index contributed by atoms with van der Waals surface area (Å²) < 4.78 is 0. The van der Waals surface area contributed by atoms with Crippen LogP contribution in [0.5, 0.6) is 0 Å². The van der Waals surface area contributed by atoms with Gasteiger partial charge in [-0.1, -0.05) is 6.07 Å². The van der Waals surface area contributed by atoms with E-state index in [0.29, 0.717) is 11.6 Å². The second-order valence-electron chi connectivity index (χ2n) is 3.60. The number of nitro benzene ring substituents is 1. The molecule has 0 heterocycles. The van der Waals surface area contributed by atoms with Crippen molar-refractivity contribution >= 4 is 23.3 Å². The summed E-state index contributed by atoms with van der Waals surface area (Å²) in [6.45, 7) is 1.66. The molecule has 8 heteroatoms. The van der Waals surface area contributed by atoms with Crippen LogP contribution >= 0.6 is 0 Å². The second kappa shape index (κ2) is 5.63. The number of carbonyl (C=O) groups is 2. The molecule has 0 saturated carbocycles. The summed E-state index contributed by atoms with van der Waals surface area (Å²) >= 11 is 0.